The van der Waals surface area contributed by atoms with Gasteiger partial charge in [-0.1, -0.05) is 19.8 Å². The molecule has 2 N–H and O–H groups in total. The summed E-state index contributed by atoms with van der Waals surface area (Å²) in [6, 6.07) is 0. The summed E-state index contributed by atoms with van der Waals surface area (Å²) in [7, 11) is 2.01. The van der Waals surface area contributed by atoms with Gasteiger partial charge in [-0.3, -0.25) is 0 Å². The van der Waals surface area contributed by atoms with Gasteiger partial charge in [-0.15, -0.1) is 0 Å². The third-order valence-corrected chi connectivity index (χ3v) is 4.05. The summed E-state index contributed by atoms with van der Waals surface area (Å²) in [6.45, 7) is 5.66. The first-order chi connectivity index (χ1) is 9.59. The van der Waals surface area contributed by atoms with Crippen LogP contribution in [0, 0.1) is 0 Å². The van der Waals surface area contributed by atoms with Crippen LogP contribution in [0.3, 0.4) is 0 Å². The number of anilines is 2. The molecule has 0 aromatic carbocycles. The number of hydrogen-bond acceptors (Lipinski definition) is 5. The van der Waals surface area contributed by atoms with Gasteiger partial charge in [0.05, 0.1) is 5.60 Å². The lowest BCUT2D eigenvalue weighted by molar-refractivity contribution is 0.0557. The highest BCUT2D eigenvalue weighted by Crippen LogP contribution is 2.32. The van der Waals surface area contributed by atoms with Gasteiger partial charge in [0.25, 0.3) is 0 Å². The van der Waals surface area contributed by atoms with Gasteiger partial charge in [-0.25, -0.2) is 9.97 Å². The second kappa shape index (κ2) is 6.39. The fourth-order valence-electron chi connectivity index (χ4n) is 3.08. The van der Waals surface area contributed by atoms with E-state index in [1.807, 2.05) is 7.05 Å². The minimum Gasteiger partial charge on any atom is -0.388 e. The summed E-state index contributed by atoms with van der Waals surface area (Å²) in [6.07, 6.45) is 6.51. The van der Waals surface area contributed by atoms with Crippen molar-refractivity contribution in [2.24, 2.45) is 0 Å². The SMILES string of the molecule is CCNc1ncnc(N(C)CC2(O)CCCC2)c1CC. The number of nitrogens with zero attached hydrogens (tertiary/aromatic N) is 3. The van der Waals surface area contributed by atoms with Crippen LogP contribution in [-0.2, 0) is 6.42 Å². The van der Waals surface area contributed by atoms with Crippen molar-refractivity contribution in [2.75, 3.05) is 30.4 Å². The summed E-state index contributed by atoms with van der Waals surface area (Å²) < 4.78 is 0. The average molecular weight is 278 g/mol. The molecule has 0 amide bonds. The molecule has 1 aliphatic carbocycles. The second-order valence-electron chi connectivity index (χ2n) is 5.70. The summed E-state index contributed by atoms with van der Waals surface area (Å²) in [5.41, 5.74) is 0.571. The van der Waals surface area contributed by atoms with Crippen LogP contribution in [0.1, 0.15) is 45.1 Å². The van der Waals surface area contributed by atoms with Crippen LogP contribution in [0.4, 0.5) is 11.6 Å². The van der Waals surface area contributed by atoms with Crippen LogP contribution >= 0.6 is 0 Å². The van der Waals surface area contributed by atoms with Crippen molar-refractivity contribution in [1.29, 1.82) is 0 Å². The van der Waals surface area contributed by atoms with E-state index in [0.717, 1.165) is 55.8 Å². The zero-order valence-electron chi connectivity index (χ0n) is 12.8. The molecular weight excluding hydrogens is 252 g/mol. The fourth-order valence-corrected chi connectivity index (χ4v) is 3.08. The molecule has 5 nitrogen and oxygen atoms in total. The van der Waals surface area contributed by atoms with Gasteiger partial charge in [-0.05, 0) is 26.2 Å². The third kappa shape index (κ3) is 3.20. The van der Waals surface area contributed by atoms with Crippen molar-refractivity contribution < 1.29 is 5.11 Å². The average Bonchev–Trinajstić information content (AvgIpc) is 2.85. The zero-order chi connectivity index (χ0) is 14.6. The van der Waals surface area contributed by atoms with Crippen molar-refractivity contribution in [2.45, 2.75) is 51.6 Å². The molecule has 1 fully saturated rings. The fraction of sp³-hybridized carbons (Fsp3) is 0.733. The van der Waals surface area contributed by atoms with Gasteiger partial charge < -0.3 is 15.3 Å². The summed E-state index contributed by atoms with van der Waals surface area (Å²) in [4.78, 5) is 10.8. The van der Waals surface area contributed by atoms with E-state index in [0.29, 0.717) is 6.54 Å². The van der Waals surface area contributed by atoms with Crippen LogP contribution < -0.4 is 10.2 Å². The number of nitrogens with one attached hydrogen (secondary N) is 1. The predicted molar refractivity (Wildman–Crippen MR) is 82.3 cm³/mol. The zero-order valence-corrected chi connectivity index (χ0v) is 12.8. The molecule has 0 bridgehead atoms. The molecule has 0 radical (unpaired) electrons. The molecule has 1 aliphatic rings. The lowest BCUT2D eigenvalue weighted by atomic mass is 10.0. The van der Waals surface area contributed by atoms with E-state index in [-0.39, 0.29) is 0 Å². The van der Waals surface area contributed by atoms with Gasteiger partial charge in [-0.2, -0.15) is 0 Å². The van der Waals surface area contributed by atoms with E-state index in [2.05, 4.69) is 34.0 Å². The summed E-state index contributed by atoms with van der Waals surface area (Å²) in [5, 5.41) is 13.8. The molecule has 20 heavy (non-hydrogen) atoms. The molecule has 5 heteroatoms. The van der Waals surface area contributed by atoms with Gasteiger partial charge in [0.15, 0.2) is 0 Å². The summed E-state index contributed by atoms with van der Waals surface area (Å²) in [5.74, 6) is 1.84. The van der Waals surface area contributed by atoms with E-state index < -0.39 is 5.60 Å². The maximum Gasteiger partial charge on any atom is 0.137 e. The molecule has 2 rings (SSSR count). The van der Waals surface area contributed by atoms with E-state index in [1.165, 1.54) is 0 Å². The highest BCUT2D eigenvalue weighted by molar-refractivity contribution is 5.58. The van der Waals surface area contributed by atoms with Gasteiger partial charge in [0.1, 0.15) is 18.0 Å². The van der Waals surface area contributed by atoms with Crippen molar-refractivity contribution >= 4 is 11.6 Å². The Morgan fingerprint density at radius 2 is 2.00 bits per heavy atom. The Labute approximate surface area is 121 Å². The van der Waals surface area contributed by atoms with Crippen molar-refractivity contribution in [3.63, 3.8) is 0 Å². The van der Waals surface area contributed by atoms with Gasteiger partial charge in [0.2, 0.25) is 0 Å². The van der Waals surface area contributed by atoms with Crippen molar-refractivity contribution in [3.05, 3.63) is 11.9 Å². The van der Waals surface area contributed by atoms with Crippen molar-refractivity contribution in [3.8, 4) is 0 Å². The Hall–Kier alpha value is -1.36. The van der Waals surface area contributed by atoms with E-state index in [9.17, 15) is 5.11 Å². The van der Waals surface area contributed by atoms with Crippen molar-refractivity contribution in [1.82, 2.24) is 9.97 Å². The molecule has 0 saturated heterocycles. The van der Waals surface area contributed by atoms with Crippen LogP contribution in [0.25, 0.3) is 0 Å². The number of aromatic nitrogens is 2. The molecule has 0 unspecified atom stereocenters. The monoisotopic (exact) mass is 278 g/mol. The van der Waals surface area contributed by atoms with E-state index >= 15 is 0 Å². The highest BCUT2D eigenvalue weighted by atomic mass is 16.3. The maximum atomic E-state index is 10.6. The first kappa shape index (κ1) is 15.0. The smallest absolute Gasteiger partial charge is 0.137 e. The first-order valence-electron chi connectivity index (χ1n) is 7.61. The minimum atomic E-state index is -0.553. The molecule has 1 saturated carbocycles. The molecule has 1 aromatic rings. The number of rotatable bonds is 6. The molecule has 112 valence electrons. The van der Waals surface area contributed by atoms with E-state index in [4.69, 9.17) is 0 Å². The maximum absolute atomic E-state index is 10.6. The van der Waals surface area contributed by atoms with Crippen LogP contribution in [-0.4, -0.2) is 40.8 Å². The molecule has 1 aromatic heterocycles. The topological polar surface area (TPSA) is 61.3 Å². The molecule has 1 heterocycles. The molecule has 0 aliphatic heterocycles. The number of likely N-dealkylation sites (N-methyl/N-ethyl adjacent to an activating group) is 1. The Balaban J connectivity index is 2.20. The Bertz CT molecular complexity index is 443. The quantitative estimate of drug-likeness (QED) is 0.835. The van der Waals surface area contributed by atoms with Gasteiger partial charge >= 0.3 is 0 Å². The lowest BCUT2D eigenvalue weighted by Gasteiger charge is -2.30. The Morgan fingerprint density at radius 3 is 2.60 bits per heavy atom. The molecular formula is C15H26N4O. The molecule has 0 atom stereocenters. The normalized spacial score (nSPS) is 17.2. The number of hydrogen-bond donors (Lipinski definition) is 2. The largest absolute Gasteiger partial charge is 0.388 e. The standard InChI is InChI=1S/C15H26N4O/c1-4-12-13(16-5-2)17-11-18-14(12)19(3)10-15(20)8-6-7-9-15/h11,20H,4-10H2,1-3H3,(H,16,17,18). The number of aliphatic hydroxyl groups is 1. The lowest BCUT2D eigenvalue weighted by Crippen LogP contribution is -2.40. The molecule has 0 spiro atoms. The Morgan fingerprint density at radius 1 is 1.30 bits per heavy atom. The highest BCUT2D eigenvalue weighted by Gasteiger charge is 2.33. The van der Waals surface area contributed by atoms with Gasteiger partial charge in [0, 0.05) is 25.7 Å². The second-order valence-corrected chi connectivity index (χ2v) is 5.70. The van der Waals surface area contributed by atoms with E-state index in [1.54, 1.807) is 6.33 Å². The minimum absolute atomic E-state index is 0.553. The third-order valence-electron chi connectivity index (χ3n) is 4.05. The van der Waals surface area contributed by atoms with Crippen LogP contribution in [0.2, 0.25) is 0 Å². The summed E-state index contributed by atoms with van der Waals surface area (Å²) >= 11 is 0. The van der Waals surface area contributed by atoms with Crippen LogP contribution in [0.15, 0.2) is 6.33 Å². The first-order valence-corrected chi connectivity index (χ1v) is 7.61. The van der Waals surface area contributed by atoms with Crippen LogP contribution in [0.5, 0.6) is 0 Å². The predicted octanol–water partition coefficient (Wildman–Crippen LogP) is 2.21. The Kier molecular flexibility index (Phi) is 4.81.